The number of aryl methyl sites for hydroxylation is 1. The van der Waals surface area contributed by atoms with Crippen molar-refractivity contribution >= 4 is 17.4 Å². The lowest BCUT2D eigenvalue weighted by Crippen LogP contribution is -2.41. The van der Waals surface area contributed by atoms with Crippen LogP contribution in [0.4, 0.5) is 16.2 Å². The molecule has 24 heavy (non-hydrogen) atoms. The fourth-order valence-electron chi connectivity index (χ4n) is 3.22. The van der Waals surface area contributed by atoms with Crippen molar-refractivity contribution in [2.75, 3.05) is 39.0 Å². The topological polar surface area (TPSA) is 78.7 Å². The zero-order chi connectivity index (χ0) is 17.7. The number of piperidine rings is 1. The molecule has 1 atom stereocenters. The van der Waals surface area contributed by atoms with E-state index >= 15 is 0 Å². The van der Waals surface area contributed by atoms with Crippen LogP contribution in [0.5, 0.6) is 0 Å². The molecule has 0 saturated carbocycles. The third-order valence-electron chi connectivity index (χ3n) is 4.52. The van der Waals surface area contributed by atoms with Crippen molar-refractivity contribution in [3.63, 3.8) is 0 Å². The zero-order valence-corrected chi connectivity index (χ0v) is 14.6. The van der Waals surface area contributed by atoms with Gasteiger partial charge < -0.3 is 15.1 Å². The molecular weight excluding hydrogens is 308 g/mol. The molecule has 7 nitrogen and oxygen atoms in total. The van der Waals surface area contributed by atoms with E-state index in [0.717, 1.165) is 25.9 Å². The van der Waals surface area contributed by atoms with Crippen LogP contribution in [0, 0.1) is 16.0 Å². The van der Waals surface area contributed by atoms with Crippen LogP contribution in [0.1, 0.15) is 25.3 Å². The van der Waals surface area contributed by atoms with Crippen molar-refractivity contribution in [3.05, 3.63) is 33.9 Å². The molecule has 1 N–H and O–H groups in total. The Morgan fingerprint density at radius 1 is 1.50 bits per heavy atom. The summed E-state index contributed by atoms with van der Waals surface area (Å²) in [4.78, 5) is 27.0. The van der Waals surface area contributed by atoms with Gasteiger partial charge in [-0.3, -0.25) is 10.1 Å². The number of amides is 2. The van der Waals surface area contributed by atoms with Crippen molar-refractivity contribution in [2.45, 2.75) is 26.2 Å². The number of anilines is 1. The van der Waals surface area contributed by atoms with E-state index in [1.807, 2.05) is 6.92 Å². The fourth-order valence-corrected chi connectivity index (χ4v) is 3.22. The van der Waals surface area contributed by atoms with Crippen LogP contribution in [-0.2, 0) is 6.42 Å². The molecule has 1 aliphatic rings. The van der Waals surface area contributed by atoms with Crippen LogP contribution in [0.15, 0.2) is 18.2 Å². The Labute approximate surface area is 142 Å². The summed E-state index contributed by atoms with van der Waals surface area (Å²) in [6.45, 7) is 4.66. The second-order valence-electron chi connectivity index (χ2n) is 6.54. The molecule has 1 fully saturated rings. The van der Waals surface area contributed by atoms with Gasteiger partial charge >= 0.3 is 6.03 Å². The number of hydrogen-bond donors (Lipinski definition) is 1. The number of benzene rings is 1. The highest BCUT2D eigenvalue weighted by Gasteiger charge is 2.21. The number of hydrogen-bond acceptors (Lipinski definition) is 4. The van der Waals surface area contributed by atoms with Crippen LogP contribution in [0.25, 0.3) is 0 Å². The minimum Gasteiger partial charge on any atom is -0.327 e. The van der Waals surface area contributed by atoms with E-state index in [1.54, 1.807) is 24.1 Å². The first-order chi connectivity index (χ1) is 11.4. The number of urea groups is 1. The number of nitrogens with zero attached hydrogens (tertiary/aromatic N) is 3. The van der Waals surface area contributed by atoms with Gasteiger partial charge in [0.2, 0.25) is 0 Å². The molecule has 1 aromatic carbocycles. The maximum atomic E-state index is 12.3. The zero-order valence-electron chi connectivity index (χ0n) is 14.6. The number of carbonyl (C=O) groups excluding carboxylic acids is 1. The number of nitro benzene ring substituents is 1. The first-order valence-corrected chi connectivity index (χ1v) is 8.38. The van der Waals surface area contributed by atoms with Gasteiger partial charge in [0, 0.05) is 37.5 Å². The van der Waals surface area contributed by atoms with Gasteiger partial charge in [0.1, 0.15) is 0 Å². The van der Waals surface area contributed by atoms with Crippen molar-refractivity contribution in [2.24, 2.45) is 5.92 Å². The Balaban J connectivity index is 1.98. The maximum Gasteiger partial charge on any atom is 0.321 e. The molecule has 0 aromatic heterocycles. The molecule has 0 unspecified atom stereocenters. The van der Waals surface area contributed by atoms with Gasteiger partial charge in [-0.25, -0.2) is 4.79 Å². The van der Waals surface area contributed by atoms with Crippen LogP contribution in [0.2, 0.25) is 0 Å². The van der Waals surface area contributed by atoms with Gasteiger partial charge in [0.15, 0.2) is 0 Å². The van der Waals surface area contributed by atoms with E-state index in [-0.39, 0.29) is 11.7 Å². The highest BCUT2D eigenvalue weighted by molar-refractivity contribution is 5.89. The lowest BCUT2D eigenvalue weighted by molar-refractivity contribution is -0.385. The number of nitrogens with one attached hydrogen (secondary N) is 1. The average Bonchev–Trinajstić information content (AvgIpc) is 2.54. The minimum atomic E-state index is -0.407. The molecule has 0 bridgehead atoms. The molecule has 1 aliphatic heterocycles. The molecule has 1 aromatic rings. The number of rotatable bonds is 5. The molecule has 1 heterocycles. The molecule has 0 radical (unpaired) electrons. The Bertz CT molecular complexity index is 605. The predicted octanol–water partition coefficient (Wildman–Crippen LogP) is 2.96. The van der Waals surface area contributed by atoms with Crippen LogP contribution in [-0.4, -0.2) is 54.5 Å². The van der Waals surface area contributed by atoms with Gasteiger partial charge in [-0.1, -0.05) is 13.0 Å². The maximum absolute atomic E-state index is 12.3. The van der Waals surface area contributed by atoms with Crippen LogP contribution < -0.4 is 5.32 Å². The van der Waals surface area contributed by atoms with Gasteiger partial charge in [-0.15, -0.1) is 0 Å². The van der Waals surface area contributed by atoms with Crippen LogP contribution in [0.3, 0.4) is 0 Å². The summed E-state index contributed by atoms with van der Waals surface area (Å²) < 4.78 is 0. The van der Waals surface area contributed by atoms with Crippen molar-refractivity contribution < 1.29 is 9.72 Å². The lowest BCUT2D eigenvalue weighted by Gasteiger charge is -2.32. The Kier molecular flexibility index (Phi) is 6.14. The highest BCUT2D eigenvalue weighted by Crippen LogP contribution is 2.24. The minimum absolute atomic E-state index is 0.0480. The third-order valence-corrected chi connectivity index (χ3v) is 4.52. The smallest absolute Gasteiger partial charge is 0.321 e. The van der Waals surface area contributed by atoms with Crippen molar-refractivity contribution in [1.29, 1.82) is 0 Å². The van der Waals surface area contributed by atoms with Gasteiger partial charge in [-0.05, 0) is 44.8 Å². The summed E-state index contributed by atoms with van der Waals surface area (Å²) in [5.74, 6) is 0.469. The first kappa shape index (κ1) is 18.2. The normalized spacial score (nSPS) is 18.2. The van der Waals surface area contributed by atoms with E-state index in [0.29, 0.717) is 30.1 Å². The van der Waals surface area contributed by atoms with Gasteiger partial charge in [-0.2, -0.15) is 0 Å². The quantitative estimate of drug-likeness (QED) is 0.663. The first-order valence-electron chi connectivity index (χ1n) is 8.38. The SMILES string of the molecule is CCc1ccc(NC(=O)N(C)C[C@H]2CCCN(C)C2)cc1[N+](=O)[O-]. The number of likely N-dealkylation sites (tertiary alicyclic amines) is 1. The standard InChI is InChI=1S/C17H26N4O3/c1-4-14-7-8-15(10-16(14)21(23)24)18-17(22)20(3)12-13-6-5-9-19(2)11-13/h7-8,10,13H,4-6,9,11-12H2,1-3H3,(H,18,22)/t13-/m0/s1. The molecule has 2 amide bonds. The van der Waals surface area contributed by atoms with Gasteiger partial charge in [0.05, 0.1) is 4.92 Å². The monoisotopic (exact) mass is 334 g/mol. The molecule has 1 saturated heterocycles. The van der Waals surface area contributed by atoms with Gasteiger partial charge in [0.25, 0.3) is 5.69 Å². The molecular formula is C17H26N4O3. The molecule has 132 valence electrons. The lowest BCUT2D eigenvalue weighted by atomic mass is 9.98. The fraction of sp³-hybridized carbons (Fsp3) is 0.588. The van der Waals surface area contributed by atoms with E-state index in [4.69, 9.17) is 0 Å². The van der Waals surface area contributed by atoms with Crippen LogP contribution >= 0.6 is 0 Å². The Hall–Kier alpha value is -2.15. The summed E-state index contributed by atoms with van der Waals surface area (Å²) in [5.41, 5.74) is 1.17. The Morgan fingerprint density at radius 3 is 2.88 bits per heavy atom. The predicted molar refractivity (Wildman–Crippen MR) is 94.3 cm³/mol. The number of nitro groups is 1. The average molecular weight is 334 g/mol. The summed E-state index contributed by atoms with van der Waals surface area (Å²) in [6.07, 6.45) is 2.86. The molecule has 2 rings (SSSR count). The number of carbonyl (C=O) groups is 1. The largest absolute Gasteiger partial charge is 0.327 e. The summed E-state index contributed by atoms with van der Waals surface area (Å²) in [7, 11) is 3.86. The second kappa shape index (κ2) is 8.10. The highest BCUT2D eigenvalue weighted by atomic mass is 16.6. The van der Waals surface area contributed by atoms with E-state index in [2.05, 4.69) is 17.3 Å². The molecule has 0 spiro atoms. The summed E-state index contributed by atoms with van der Waals surface area (Å²) in [5, 5.41) is 13.9. The van der Waals surface area contributed by atoms with E-state index in [1.165, 1.54) is 6.07 Å². The Morgan fingerprint density at radius 2 is 2.25 bits per heavy atom. The second-order valence-corrected chi connectivity index (χ2v) is 6.54. The van der Waals surface area contributed by atoms with Crippen molar-refractivity contribution in [3.8, 4) is 0 Å². The summed E-state index contributed by atoms with van der Waals surface area (Å²) >= 11 is 0. The third kappa shape index (κ3) is 4.67. The summed E-state index contributed by atoms with van der Waals surface area (Å²) in [6, 6.07) is 4.61. The van der Waals surface area contributed by atoms with Crippen molar-refractivity contribution in [1.82, 2.24) is 9.80 Å². The molecule has 0 aliphatic carbocycles. The molecule has 7 heteroatoms. The van der Waals surface area contributed by atoms with E-state index in [9.17, 15) is 14.9 Å². The van der Waals surface area contributed by atoms with E-state index < -0.39 is 4.92 Å².